The molecule has 1 N–H and O–H groups in total. The van der Waals surface area contributed by atoms with Gasteiger partial charge in [-0.05, 0) is 31.9 Å². The van der Waals surface area contributed by atoms with Crippen LogP contribution >= 0.6 is 0 Å². The van der Waals surface area contributed by atoms with Gasteiger partial charge in [0.25, 0.3) is 17.4 Å². The first-order chi connectivity index (χ1) is 13.6. The number of carbonyl (C=O) groups excluding carboxylic acids is 1. The molecule has 28 heavy (non-hydrogen) atoms. The second-order valence-corrected chi connectivity index (χ2v) is 7.46. The van der Waals surface area contributed by atoms with Gasteiger partial charge in [-0.2, -0.15) is 4.68 Å². The highest BCUT2D eigenvalue weighted by Gasteiger charge is 2.31. The number of nitrogens with zero attached hydrogens (tertiary/aromatic N) is 7. The van der Waals surface area contributed by atoms with Crippen LogP contribution in [0.25, 0.3) is 11.5 Å². The van der Waals surface area contributed by atoms with Crippen molar-refractivity contribution in [1.29, 1.82) is 0 Å². The van der Waals surface area contributed by atoms with Crippen LogP contribution in [0.1, 0.15) is 35.4 Å². The molecule has 1 saturated heterocycles. The molecule has 1 amide bonds. The summed E-state index contributed by atoms with van der Waals surface area (Å²) < 4.78 is 2.88. The predicted octanol–water partition coefficient (Wildman–Crippen LogP) is 0.222. The van der Waals surface area contributed by atoms with E-state index >= 15 is 0 Å². The predicted molar refractivity (Wildman–Crippen MR) is 101 cm³/mol. The van der Waals surface area contributed by atoms with E-state index in [-0.39, 0.29) is 17.4 Å². The summed E-state index contributed by atoms with van der Waals surface area (Å²) in [5.41, 5.74) is 1.03. The zero-order valence-corrected chi connectivity index (χ0v) is 15.7. The minimum Gasteiger partial charge on any atom is -0.335 e. The number of aromatic nitrogens is 6. The van der Waals surface area contributed by atoms with E-state index in [1.807, 2.05) is 4.90 Å². The Hall–Kier alpha value is -3.01. The number of piperazine rings is 1. The van der Waals surface area contributed by atoms with Crippen LogP contribution in [0.2, 0.25) is 0 Å². The fourth-order valence-electron chi connectivity index (χ4n) is 3.95. The van der Waals surface area contributed by atoms with Gasteiger partial charge in [-0.25, -0.2) is 4.52 Å². The number of fused-ring (bicyclic) bond motifs is 1. The molecule has 10 nitrogen and oxygen atoms in total. The molecule has 1 aliphatic carbocycles. The highest BCUT2D eigenvalue weighted by atomic mass is 16.2. The van der Waals surface area contributed by atoms with Gasteiger partial charge < -0.3 is 4.90 Å². The van der Waals surface area contributed by atoms with Crippen molar-refractivity contribution in [1.82, 2.24) is 39.4 Å². The number of hydrogen-bond donors (Lipinski definition) is 1. The maximum absolute atomic E-state index is 13.0. The summed E-state index contributed by atoms with van der Waals surface area (Å²) in [4.78, 5) is 32.2. The summed E-state index contributed by atoms with van der Waals surface area (Å²) in [6.45, 7) is 4.97. The van der Waals surface area contributed by atoms with E-state index < -0.39 is 0 Å². The Balaban J connectivity index is 1.37. The summed E-state index contributed by atoms with van der Waals surface area (Å²) >= 11 is 0. The Kier molecular flexibility index (Phi) is 4.00. The van der Waals surface area contributed by atoms with Gasteiger partial charge in [0.1, 0.15) is 5.52 Å². The van der Waals surface area contributed by atoms with Gasteiger partial charge in [0.05, 0.1) is 5.69 Å². The standard InChI is InChI=1S/C18H22N8O2/c1-12-15(17(28)24-10-8-23(9-11-24)13-4-2-5-13)20-22-26(12)18-19-16(27)14-6-3-7-25(14)21-18/h3,6-7,13H,2,4-5,8-11H2,1H3,(H,19,21,27). The van der Waals surface area contributed by atoms with Crippen LogP contribution in [0.4, 0.5) is 0 Å². The highest BCUT2D eigenvalue weighted by Crippen LogP contribution is 2.25. The minimum absolute atomic E-state index is 0.124. The molecular formula is C18H22N8O2. The molecule has 3 aromatic heterocycles. The van der Waals surface area contributed by atoms with Crippen molar-refractivity contribution >= 4 is 11.4 Å². The van der Waals surface area contributed by atoms with E-state index in [0.717, 1.165) is 13.1 Å². The lowest BCUT2D eigenvalue weighted by molar-refractivity contribution is 0.0450. The number of carbonyl (C=O) groups is 1. The lowest BCUT2D eigenvalue weighted by atomic mass is 9.91. The lowest BCUT2D eigenvalue weighted by Crippen LogP contribution is -2.53. The Bertz CT molecular complexity index is 1080. The van der Waals surface area contributed by atoms with E-state index in [2.05, 4.69) is 25.3 Å². The molecule has 2 aliphatic rings. The van der Waals surface area contributed by atoms with Crippen LogP contribution in [-0.4, -0.2) is 77.5 Å². The molecular weight excluding hydrogens is 360 g/mol. The molecule has 0 atom stereocenters. The topological polar surface area (TPSA) is 104 Å². The van der Waals surface area contributed by atoms with Crippen LogP contribution < -0.4 is 5.56 Å². The number of hydrogen-bond acceptors (Lipinski definition) is 6. The normalized spacial score (nSPS) is 18.5. The van der Waals surface area contributed by atoms with Crippen LogP contribution in [0.15, 0.2) is 23.1 Å². The molecule has 4 heterocycles. The van der Waals surface area contributed by atoms with E-state index in [9.17, 15) is 9.59 Å². The molecule has 146 valence electrons. The summed E-state index contributed by atoms with van der Waals surface area (Å²) in [5.74, 6) is 0.106. The van der Waals surface area contributed by atoms with Gasteiger partial charge in [0, 0.05) is 38.4 Å². The molecule has 10 heteroatoms. The SMILES string of the molecule is Cc1c(C(=O)N2CCN(C3CCC3)CC2)nnn1-c1nn2cccc2c(=O)[nH]1. The Labute approximate surface area is 160 Å². The van der Waals surface area contributed by atoms with Gasteiger partial charge in [0.2, 0.25) is 0 Å². The number of nitrogens with one attached hydrogen (secondary N) is 1. The third kappa shape index (κ3) is 2.71. The molecule has 0 bridgehead atoms. The Morgan fingerprint density at radius 1 is 1.21 bits per heavy atom. The third-order valence-corrected chi connectivity index (χ3v) is 5.88. The monoisotopic (exact) mass is 382 g/mol. The van der Waals surface area contributed by atoms with Crippen molar-refractivity contribution in [3.8, 4) is 5.95 Å². The lowest BCUT2D eigenvalue weighted by Gasteiger charge is -2.42. The summed E-state index contributed by atoms with van der Waals surface area (Å²) in [5, 5.41) is 12.5. The van der Waals surface area contributed by atoms with Gasteiger partial charge in [-0.15, -0.1) is 10.2 Å². The van der Waals surface area contributed by atoms with Crippen molar-refractivity contribution in [3.63, 3.8) is 0 Å². The zero-order chi connectivity index (χ0) is 19.3. The highest BCUT2D eigenvalue weighted by molar-refractivity contribution is 5.93. The first kappa shape index (κ1) is 17.1. The van der Waals surface area contributed by atoms with Crippen molar-refractivity contribution in [2.45, 2.75) is 32.2 Å². The second kappa shape index (κ2) is 6.55. The third-order valence-electron chi connectivity index (χ3n) is 5.88. The van der Waals surface area contributed by atoms with E-state index in [4.69, 9.17) is 0 Å². The van der Waals surface area contributed by atoms with E-state index in [1.54, 1.807) is 25.3 Å². The molecule has 0 radical (unpaired) electrons. The fourth-order valence-corrected chi connectivity index (χ4v) is 3.95. The second-order valence-electron chi connectivity index (χ2n) is 7.46. The van der Waals surface area contributed by atoms with Crippen LogP contribution in [-0.2, 0) is 0 Å². The van der Waals surface area contributed by atoms with Crippen LogP contribution in [0.5, 0.6) is 0 Å². The van der Waals surface area contributed by atoms with Gasteiger partial charge in [0.15, 0.2) is 5.69 Å². The zero-order valence-electron chi connectivity index (χ0n) is 15.7. The number of H-pyrrole nitrogens is 1. The molecule has 0 aromatic carbocycles. The average Bonchev–Trinajstić information content (AvgIpc) is 3.27. The Morgan fingerprint density at radius 2 is 2.00 bits per heavy atom. The van der Waals surface area contributed by atoms with Gasteiger partial charge in [-0.1, -0.05) is 11.6 Å². The number of amides is 1. The summed E-state index contributed by atoms with van der Waals surface area (Å²) in [6.07, 6.45) is 5.56. The van der Waals surface area contributed by atoms with Crippen molar-refractivity contribution in [3.05, 3.63) is 40.1 Å². The van der Waals surface area contributed by atoms with Crippen LogP contribution in [0.3, 0.4) is 0 Å². The van der Waals surface area contributed by atoms with Gasteiger partial charge in [-0.3, -0.25) is 19.5 Å². The molecule has 1 aliphatic heterocycles. The molecule has 0 unspecified atom stereocenters. The first-order valence-corrected chi connectivity index (χ1v) is 9.65. The number of aromatic amines is 1. The summed E-state index contributed by atoms with van der Waals surface area (Å²) in [7, 11) is 0. The smallest absolute Gasteiger partial charge is 0.276 e. The largest absolute Gasteiger partial charge is 0.335 e. The molecule has 2 fully saturated rings. The molecule has 1 saturated carbocycles. The molecule has 5 rings (SSSR count). The molecule has 0 spiro atoms. The van der Waals surface area contributed by atoms with Crippen molar-refractivity contribution in [2.24, 2.45) is 0 Å². The summed E-state index contributed by atoms with van der Waals surface area (Å²) in [6, 6.07) is 4.13. The quantitative estimate of drug-likeness (QED) is 0.695. The van der Waals surface area contributed by atoms with Gasteiger partial charge >= 0.3 is 0 Å². The maximum atomic E-state index is 13.0. The van der Waals surface area contributed by atoms with Crippen molar-refractivity contribution < 1.29 is 4.79 Å². The maximum Gasteiger partial charge on any atom is 0.276 e. The Morgan fingerprint density at radius 3 is 2.71 bits per heavy atom. The first-order valence-electron chi connectivity index (χ1n) is 9.65. The fraction of sp³-hybridized carbons (Fsp3) is 0.500. The van der Waals surface area contributed by atoms with E-state index in [1.165, 1.54) is 28.5 Å². The molecule has 3 aromatic rings. The number of rotatable bonds is 3. The van der Waals surface area contributed by atoms with Crippen LogP contribution in [0, 0.1) is 6.92 Å². The van der Waals surface area contributed by atoms with E-state index in [0.29, 0.717) is 36.0 Å². The minimum atomic E-state index is -0.273. The van der Waals surface area contributed by atoms with Crippen molar-refractivity contribution in [2.75, 3.05) is 26.2 Å². The average molecular weight is 382 g/mol.